The first kappa shape index (κ1) is 16.8. The molecule has 1 saturated heterocycles. The Morgan fingerprint density at radius 1 is 1.29 bits per heavy atom. The molecule has 4 nitrogen and oxygen atoms in total. The summed E-state index contributed by atoms with van der Waals surface area (Å²) in [4.78, 5) is 23.6. The van der Waals surface area contributed by atoms with Crippen LogP contribution in [0.4, 0.5) is 13.2 Å². The van der Waals surface area contributed by atoms with Crippen LogP contribution in [0.2, 0.25) is 0 Å². The molecule has 2 atom stereocenters. The average Bonchev–Trinajstić information content (AvgIpc) is 2.87. The second-order valence-electron chi connectivity index (χ2n) is 6.47. The Kier molecular flexibility index (Phi) is 4.27. The number of rotatable bonds is 3. The lowest BCUT2D eigenvalue weighted by molar-refractivity contribution is -0.202. The minimum absolute atomic E-state index is 0.124. The molecule has 2 unspecified atom stereocenters. The third kappa shape index (κ3) is 2.99. The van der Waals surface area contributed by atoms with Crippen molar-refractivity contribution >= 4 is 11.8 Å². The summed E-state index contributed by atoms with van der Waals surface area (Å²) in [6, 6.07) is 5.95. The van der Waals surface area contributed by atoms with Crippen LogP contribution in [-0.2, 0) is 21.5 Å². The molecule has 7 heteroatoms. The molecule has 2 amide bonds. The largest absolute Gasteiger partial charge is 0.415 e. The first-order chi connectivity index (χ1) is 11.3. The molecule has 24 heavy (non-hydrogen) atoms. The molecule has 0 spiro atoms. The van der Waals surface area contributed by atoms with Crippen molar-refractivity contribution in [2.24, 2.45) is 0 Å². The molecule has 0 radical (unpaired) electrons. The minimum atomic E-state index is -4.58. The zero-order valence-corrected chi connectivity index (χ0v) is 13.1. The Morgan fingerprint density at radius 2 is 2.04 bits per heavy atom. The van der Waals surface area contributed by atoms with Gasteiger partial charge >= 0.3 is 6.18 Å². The van der Waals surface area contributed by atoms with Crippen LogP contribution in [0.1, 0.15) is 43.2 Å². The smallest absolute Gasteiger partial charge is 0.353 e. The van der Waals surface area contributed by atoms with Gasteiger partial charge in [-0.1, -0.05) is 24.3 Å². The van der Waals surface area contributed by atoms with E-state index in [9.17, 15) is 22.8 Å². The Morgan fingerprint density at radius 3 is 2.75 bits per heavy atom. The van der Waals surface area contributed by atoms with Crippen molar-refractivity contribution in [1.29, 1.82) is 0 Å². The maximum atomic E-state index is 13.8. The van der Waals surface area contributed by atoms with Crippen LogP contribution in [0, 0.1) is 0 Å². The number of nitrogens with one attached hydrogen (secondary N) is 2. The number of hydrogen-bond acceptors (Lipinski definition) is 2. The maximum absolute atomic E-state index is 13.8. The Bertz CT molecular complexity index is 659. The highest BCUT2D eigenvalue weighted by Crippen LogP contribution is 2.48. The lowest BCUT2D eigenvalue weighted by atomic mass is 9.90. The number of carbonyl (C=O) groups is 2. The van der Waals surface area contributed by atoms with Crippen molar-refractivity contribution in [3.8, 4) is 0 Å². The summed E-state index contributed by atoms with van der Waals surface area (Å²) in [5.41, 5.74) is -1.60. The van der Waals surface area contributed by atoms with Gasteiger partial charge in [-0.2, -0.15) is 13.2 Å². The molecule has 1 heterocycles. The van der Waals surface area contributed by atoms with Crippen LogP contribution in [0.15, 0.2) is 24.3 Å². The van der Waals surface area contributed by atoms with Crippen LogP contribution in [-0.4, -0.2) is 24.0 Å². The quantitative estimate of drug-likeness (QED) is 0.888. The number of aryl methyl sites for hydroxylation is 1. The fraction of sp³-hybridized carbons (Fsp3) is 0.529. The number of fused-ring (bicyclic) bond motifs is 1. The molecule has 1 aromatic rings. The lowest BCUT2D eigenvalue weighted by Gasteiger charge is -2.34. The van der Waals surface area contributed by atoms with Crippen LogP contribution in [0.3, 0.4) is 0 Å². The summed E-state index contributed by atoms with van der Waals surface area (Å²) >= 11 is 0. The van der Waals surface area contributed by atoms with E-state index in [-0.39, 0.29) is 30.7 Å². The van der Waals surface area contributed by atoms with Gasteiger partial charge in [0.2, 0.25) is 11.8 Å². The summed E-state index contributed by atoms with van der Waals surface area (Å²) in [6.07, 6.45) is -2.98. The topological polar surface area (TPSA) is 58.2 Å². The fourth-order valence-corrected chi connectivity index (χ4v) is 3.65. The summed E-state index contributed by atoms with van der Waals surface area (Å²) in [5.74, 6) is -0.841. The van der Waals surface area contributed by atoms with E-state index in [0.717, 1.165) is 0 Å². The maximum Gasteiger partial charge on any atom is 0.415 e. The van der Waals surface area contributed by atoms with Crippen molar-refractivity contribution < 1.29 is 22.8 Å². The molecule has 1 fully saturated rings. The monoisotopic (exact) mass is 340 g/mol. The van der Waals surface area contributed by atoms with Gasteiger partial charge in [0.05, 0.1) is 0 Å². The molecular weight excluding hydrogens is 321 g/mol. The molecule has 0 saturated carbocycles. The second-order valence-corrected chi connectivity index (χ2v) is 6.47. The number of alkyl halides is 3. The lowest BCUT2D eigenvalue weighted by Crippen LogP contribution is -2.55. The number of carbonyl (C=O) groups excluding carboxylic acids is 2. The van der Waals surface area contributed by atoms with E-state index >= 15 is 0 Å². The van der Waals surface area contributed by atoms with E-state index in [4.69, 9.17) is 0 Å². The Hall–Kier alpha value is -2.05. The number of amides is 2. The van der Waals surface area contributed by atoms with Crippen molar-refractivity contribution in [2.75, 3.05) is 0 Å². The van der Waals surface area contributed by atoms with E-state index in [2.05, 4.69) is 10.6 Å². The van der Waals surface area contributed by atoms with Gasteiger partial charge in [0.15, 0.2) is 5.54 Å². The number of piperidine rings is 1. The molecule has 0 bridgehead atoms. The molecule has 2 aliphatic rings. The highest BCUT2D eigenvalue weighted by atomic mass is 19.4. The fourth-order valence-electron chi connectivity index (χ4n) is 3.65. The molecule has 3 rings (SSSR count). The summed E-state index contributed by atoms with van der Waals surface area (Å²) in [5, 5.41) is 4.90. The van der Waals surface area contributed by atoms with Gasteiger partial charge in [0.25, 0.3) is 0 Å². The third-order valence-corrected chi connectivity index (χ3v) is 4.84. The zero-order valence-electron chi connectivity index (χ0n) is 13.1. The van der Waals surface area contributed by atoms with Crippen LogP contribution < -0.4 is 10.6 Å². The van der Waals surface area contributed by atoms with Gasteiger partial charge < -0.3 is 10.6 Å². The van der Waals surface area contributed by atoms with E-state index < -0.39 is 23.7 Å². The molecule has 1 aliphatic carbocycles. The molecule has 1 aromatic carbocycles. The summed E-state index contributed by atoms with van der Waals surface area (Å²) in [7, 11) is 0. The first-order valence-electron chi connectivity index (χ1n) is 8.07. The molecule has 130 valence electrons. The van der Waals surface area contributed by atoms with Gasteiger partial charge in [-0.15, -0.1) is 0 Å². The van der Waals surface area contributed by atoms with Crippen LogP contribution >= 0.6 is 0 Å². The predicted octanol–water partition coefficient (Wildman–Crippen LogP) is 2.57. The predicted molar refractivity (Wildman–Crippen MR) is 81.0 cm³/mol. The molecular formula is C17H19F3N2O2. The van der Waals surface area contributed by atoms with Crippen molar-refractivity contribution in [1.82, 2.24) is 10.6 Å². The molecule has 2 N–H and O–H groups in total. The van der Waals surface area contributed by atoms with Gasteiger partial charge in [-0.3, -0.25) is 9.59 Å². The van der Waals surface area contributed by atoms with Gasteiger partial charge in [0, 0.05) is 18.9 Å². The molecule has 1 aliphatic heterocycles. The number of hydrogen-bond donors (Lipinski definition) is 2. The summed E-state index contributed by atoms with van der Waals surface area (Å²) in [6.45, 7) is 0. The standard InChI is InChI=1S/C17H19F3N2O2/c18-17(19,20)16(9-8-11-4-1-2-6-13(11)16)22-15(24)10-12-5-3-7-14(23)21-12/h1-2,4,6,12H,3,5,7-10H2,(H,21,23)(H,22,24). The van der Waals surface area contributed by atoms with Gasteiger partial charge in [0.1, 0.15) is 0 Å². The minimum Gasteiger partial charge on any atom is -0.353 e. The van der Waals surface area contributed by atoms with E-state index in [1.165, 1.54) is 6.07 Å². The van der Waals surface area contributed by atoms with Gasteiger partial charge in [-0.25, -0.2) is 0 Å². The highest BCUT2D eigenvalue weighted by molar-refractivity contribution is 5.81. The van der Waals surface area contributed by atoms with E-state index in [0.29, 0.717) is 24.8 Å². The Balaban J connectivity index is 1.79. The van der Waals surface area contributed by atoms with Gasteiger partial charge in [-0.05, 0) is 36.8 Å². The normalized spacial score (nSPS) is 26.6. The number of benzene rings is 1. The van der Waals surface area contributed by atoms with Crippen molar-refractivity contribution in [2.45, 2.75) is 56.3 Å². The first-order valence-corrected chi connectivity index (χ1v) is 8.07. The van der Waals surface area contributed by atoms with Crippen LogP contribution in [0.5, 0.6) is 0 Å². The van der Waals surface area contributed by atoms with Crippen molar-refractivity contribution in [3.05, 3.63) is 35.4 Å². The molecule has 0 aromatic heterocycles. The number of halogens is 3. The average molecular weight is 340 g/mol. The van der Waals surface area contributed by atoms with Crippen LogP contribution in [0.25, 0.3) is 0 Å². The van der Waals surface area contributed by atoms with Crippen molar-refractivity contribution in [3.63, 3.8) is 0 Å². The Labute approximate surface area is 137 Å². The zero-order chi connectivity index (χ0) is 17.4. The van der Waals surface area contributed by atoms with E-state index in [1.807, 2.05) is 0 Å². The van der Waals surface area contributed by atoms with E-state index in [1.54, 1.807) is 18.2 Å². The second kappa shape index (κ2) is 6.11. The summed E-state index contributed by atoms with van der Waals surface area (Å²) < 4.78 is 41.4. The third-order valence-electron chi connectivity index (χ3n) is 4.84. The highest BCUT2D eigenvalue weighted by Gasteiger charge is 2.59. The SMILES string of the molecule is O=C1CCCC(CC(=O)NC2(C(F)(F)F)CCc3ccccc32)N1.